The Balaban J connectivity index is 3.01. The van der Waals surface area contributed by atoms with Gasteiger partial charge < -0.3 is 5.32 Å². The van der Waals surface area contributed by atoms with Crippen LogP contribution in [0.25, 0.3) is 0 Å². The Kier molecular flexibility index (Phi) is 7.33. The van der Waals surface area contributed by atoms with Crippen molar-refractivity contribution >= 4 is 0 Å². The standard InChI is InChI=1S/C10H21N/c1-4-5-6-8-11-9-7-10(2)3/h7,9-11H,4-6,8H2,1-3H3/b9-7+. The number of hydrogen-bond acceptors (Lipinski definition) is 1. The summed E-state index contributed by atoms with van der Waals surface area (Å²) in [5.41, 5.74) is 0. The lowest BCUT2D eigenvalue weighted by Crippen LogP contribution is -2.06. The van der Waals surface area contributed by atoms with Crippen molar-refractivity contribution in [1.29, 1.82) is 0 Å². The lowest BCUT2D eigenvalue weighted by Gasteiger charge is -1.99. The summed E-state index contributed by atoms with van der Waals surface area (Å²) in [7, 11) is 0. The van der Waals surface area contributed by atoms with Crippen molar-refractivity contribution in [2.45, 2.75) is 40.0 Å². The largest absolute Gasteiger partial charge is 0.391 e. The molecular formula is C10H21N. The molecule has 0 aromatic rings. The van der Waals surface area contributed by atoms with Gasteiger partial charge in [0.25, 0.3) is 0 Å². The second kappa shape index (κ2) is 7.64. The van der Waals surface area contributed by atoms with E-state index >= 15 is 0 Å². The summed E-state index contributed by atoms with van der Waals surface area (Å²) in [5.74, 6) is 0.661. The highest BCUT2D eigenvalue weighted by Crippen LogP contribution is 1.93. The van der Waals surface area contributed by atoms with Crippen LogP contribution in [0.1, 0.15) is 40.0 Å². The highest BCUT2D eigenvalue weighted by molar-refractivity contribution is 4.81. The molecule has 0 fully saturated rings. The average molecular weight is 155 g/mol. The Hall–Kier alpha value is -0.460. The maximum absolute atomic E-state index is 3.27. The van der Waals surface area contributed by atoms with Crippen LogP contribution in [0, 0.1) is 5.92 Å². The molecule has 0 heterocycles. The lowest BCUT2D eigenvalue weighted by atomic mass is 10.2. The number of hydrogen-bond donors (Lipinski definition) is 1. The molecule has 1 N–H and O–H groups in total. The van der Waals surface area contributed by atoms with Crippen LogP contribution in [0.5, 0.6) is 0 Å². The van der Waals surface area contributed by atoms with Crippen LogP contribution >= 0.6 is 0 Å². The van der Waals surface area contributed by atoms with E-state index in [2.05, 4.69) is 38.4 Å². The van der Waals surface area contributed by atoms with E-state index in [9.17, 15) is 0 Å². The van der Waals surface area contributed by atoms with Gasteiger partial charge in [0, 0.05) is 6.54 Å². The Labute approximate surface area is 70.9 Å². The molecule has 11 heavy (non-hydrogen) atoms. The fourth-order valence-corrected chi connectivity index (χ4v) is 0.821. The molecule has 0 aliphatic carbocycles. The van der Waals surface area contributed by atoms with E-state index in [1.807, 2.05) is 0 Å². The number of rotatable bonds is 6. The number of allylic oxidation sites excluding steroid dienone is 1. The third-order valence-electron chi connectivity index (χ3n) is 1.52. The van der Waals surface area contributed by atoms with Gasteiger partial charge in [-0.2, -0.15) is 0 Å². The van der Waals surface area contributed by atoms with Gasteiger partial charge in [0.05, 0.1) is 0 Å². The fraction of sp³-hybridized carbons (Fsp3) is 0.800. The van der Waals surface area contributed by atoms with E-state index in [0.717, 1.165) is 6.54 Å². The van der Waals surface area contributed by atoms with Crippen LogP contribution in [0.2, 0.25) is 0 Å². The first kappa shape index (κ1) is 10.5. The molecule has 0 rings (SSSR count). The van der Waals surface area contributed by atoms with Crippen molar-refractivity contribution < 1.29 is 0 Å². The molecule has 0 spiro atoms. The Morgan fingerprint density at radius 2 is 2.00 bits per heavy atom. The van der Waals surface area contributed by atoms with Gasteiger partial charge in [0.1, 0.15) is 0 Å². The van der Waals surface area contributed by atoms with E-state index in [-0.39, 0.29) is 0 Å². The van der Waals surface area contributed by atoms with Gasteiger partial charge in [0.2, 0.25) is 0 Å². The third kappa shape index (κ3) is 9.54. The first-order valence-corrected chi connectivity index (χ1v) is 4.67. The van der Waals surface area contributed by atoms with Crippen molar-refractivity contribution in [2.24, 2.45) is 5.92 Å². The minimum absolute atomic E-state index is 0.661. The van der Waals surface area contributed by atoms with Gasteiger partial charge >= 0.3 is 0 Å². The van der Waals surface area contributed by atoms with Crippen LogP contribution < -0.4 is 5.32 Å². The van der Waals surface area contributed by atoms with Gasteiger partial charge in [-0.25, -0.2) is 0 Å². The number of nitrogens with one attached hydrogen (secondary N) is 1. The predicted octanol–water partition coefficient (Wildman–Crippen LogP) is 2.94. The van der Waals surface area contributed by atoms with Crippen LogP contribution in [0.4, 0.5) is 0 Å². The Bertz CT molecular complexity index is 95.0. The van der Waals surface area contributed by atoms with Crippen molar-refractivity contribution in [2.75, 3.05) is 6.54 Å². The molecule has 0 bridgehead atoms. The van der Waals surface area contributed by atoms with Crippen LogP contribution in [0.15, 0.2) is 12.3 Å². The zero-order valence-electron chi connectivity index (χ0n) is 8.06. The normalized spacial score (nSPS) is 11.3. The zero-order chi connectivity index (χ0) is 8.53. The maximum Gasteiger partial charge on any atom is 0.0141 e. The first-order valence-electron chi connectivity index (χ1n) is 4.67. The molecule has 0 saturated carbocycles. The molecule has 0 aliphatic heterocycles. The first-order chi connectivity index (χ1) is 5.27. The molecule has 0 aromatic carbocycles. The molecule has 0 radical (unpaired) electrons. The summed E-state index contributed by atoms with van der Waals surface area (Å²) in [6.45, 7) is 7.72. The SMILES string of the molecule is CCCCCN/C=C/C(C)C. The molecule has 0 saturated heterocycles. The summed E-state index contributed by atoms with van der Waals surface area (Å²) in [4.78, 5) is 0. The molecular weight excluding hydrogens is 134 g/mol. The highest BCUT2D eigenvalue weighted by atomic mass is 14.8. The van der Waals surface area contributed by atoms with E-state index in [1.54, 1.807) is 0 Å². The van der Waals surface area contributed by atoms with Crippen molar-refractivity contribution in [3.8, 4) is 0 Å². The average Bonchev–Trinajstić information content (AvgIpc) is 1.96. The summed E-state index contributed by atoms with van der Waals surface area (Å²) >= 11 is 0. The molecule has 0 aliphatic rings. The Morgan fingerprint density at radius 1 is 1.27 bits per heavy atom. The van der Waals surface area contributed by atoms with Crippen LogP contribution in [-0.4, -0.2) is 6.54 Å². The van der Waals surface area contributed by atoms with Gasteiger partial charge in [-0.15, -0.1) is 0 Å². The second-order valence-corrected chi connectivity index (χ2v) is 3.26. The molecule has 0 amide bonds. The lowest BCUT2D eigenvalue weighted by molar-refractivity contribution is 0.679. The minimum atomic E-state index is 0.661. The van der Waals surface area contributed by atoms with Crippen molar-refractivity contribution in [1.82, 2.24) is 5.32 Å². The second-order valence-electron chi connectivity index (χ2n) is 3.26. The van der Waals surface area contributed by atoms with Gasteiger partial charge in [-0.3, -0.25) is 0 Å². The summed E-state index contributed by atoms with van der Waals surface area (Å²) < 4.78 is 0. The van der Waals surface area contributed by atoms with E-state index in [0.29, 0.717) is 5.92 Å². The summed E-state index contributed by atoms with van der Waals surface area (Å²) in [5, 5.41) is 3.27. The molecule has 0 unspecified atom stereocenters. The van der Waals surface area contributed by atoms with Gasteiger partial charge in [0.15, 0.2) is 0 Å². The summed E-state index contributed by atoms with van der Waals surface area (Å²) in [6, 6.07) is 0. The highest BCUT2D eigenvalue weighted by Gasteiger charge is 1.83. The molecule has 1 heteroatoms. The molecule has 66 valence electrons. The summed E-state index contributed by atoms with van der Waals surface area (Å²) in [6.07, 6.45) is 8.18. The van der Waals surface area contributed by atoms with Gasteiger partial charge in [-0.1, -0.05) is 39.7 Å². The van der Waals surface area contributed by atoms with E-state index < -0.39 is 0 Å². The van der Waals surface area contributed by atoms with Crippen molar-refractivity contribution in [3.05, 3.63) is 12.3 Å². The predicted molar refractivity (Wildman–Crippen MR) is 51.5 cm³/mol. The van der Waals surface area contributed by atoms with Crippen molar-refractivity contribution in [3.63, 3.8) is 0 Å². The number of unbranched alkanes of at least 4 members (excludes halogenated alkanes) is 2. The quantitative estimate of drug-likeness (QED) is 0.581. The minimum Gasteiger partial charge on any atom is -0.391 e. The van der Waals surface area contributed by atoms with Gasteiger partial charge in [-0.05, 0) is 18.5 Å². The molecule has 0 aromatic heterocycles. The molecule has 0 atom stereocenters. The van der Waals surface area contributed by atoms with E-state index in [4.69, 9.17) is 0 Å². The maximum atomic E-state index is 3.27. The monoisotopic (exact) mass is 155 g/mol. The van der Waals surface area contributed by atoms with E-state index in [1.165, 1.54) is 19.3 Å². The zero-order valence-corrected chi connectivity index (χ0v) is 8.06. The van der Waals surface area contributed by atoms with Crippen LogP contribution in [-0.2, 0) is 0 Å². The fourth-order valence-electron chi connectivity index (χ4n) is 0.821. The third-order valence-corrected chi connectivity index (χ3v) is 1.52. The Morgan fingerprint density at radius 3 is 2.55 bits per heavy atom. The topological polar surface area (TPSA) is 12.0 Å². The molecule has 1 nitrogen and oxygen atoms in total. The smallest absolute Gasteiger partial charge is 0.0141 e. The van der Waals surface area contributed by atoms with Crippen LogP contribution in [0.3, 0.4) is 0 Å².